The second kappa shape index (κ2) is 7.75. The van der Waals surface area contributed by atoms with Crippen molar-refractivity contribution in [3.05, 3.63) is 53.6 Å². The summed E-state index contributed by atoms with van der Waals surface area (Å²) in [5, 5.41) is 5.74. The van der Waals surface area contributed by atoms with Crippen LogP contribution in [0.25, 0.3) is 0 Å². The van der Waals surface area contributed by atoms with Gasteiger partial charge in [0.05, 0.1) is 7.11 Å². The molecular weight excluding hydrogens is 296 g/mol. The Bertz CT molecular complexity index is 642. The maximum atomic E-state index is 12.0. The number of thioether (sulfide) groups is 1. The quantitative estimate of drug-likeness (QED) is 0.818. The normalized spacial score (nSPS) is 10.1. The van der Waals surface area contributed by atoms with Gasteiger partial charge in [0.15, 0.2) is 0 Å². The van der Waals surface area contributed by atoms with Crippen molar-refractivity contribution in [2.45, 2.75) is 18.4 Å². The van der Waals surface area contributed by atoms with Crippen molar-refractivity contribution in [3.8, 4) is 5.75 Å². The Morgan fingerprint density at radius 1 is 1.18 bits per heavy atom. The standard InChI is InChI=1S/C17H20N2O2S/c1-12-15(5-4-6-16(12)22-3)19-17(20)18-11-13-7-9-14(21-2)10-8-13/h4-10H,11H2,1-3H3,(H2,18,19,20). The van der Waals surface area contributed by atoms with Crippen molar-refractivity contribution in [1.29, 1.82) is 0 Å². The van der Waals surface area contributed by atoms with E-state index in [1.807, 2.05) is 55.6 Å². The maximum Gasteiger partial charge on any atom is 0.319 e. The molecule has 0 radical (unpaired) electrons. The number of hydrogen-bond donors (Lipinski definition) is 2. The molecule has 0 aliphatic carbocycles. The van der Waals surface area contributed by atoms with E-state index < -0.39 is 0 Å². The van der Waals surface area contributed by atoms with Crippen LogP contribution >= 0.6 is 11.8 Å². The highest BCUT2D eigenvalue weighted by atomic mass is 32.2. The van der Waals surface area contributed by atoms with Gasteiger partial charge in [0.1, 0.15) is 5.75 Å². The van der Waals surface area contributed by atoms with E-state index in [2.05, 4.69) is 10.6 Å². The molecule has 0 aromatic heterocycles. The van der Waals surface area contributed by atoms with Crippen molar-refractivity contribution < 1.29 is 9.53 Å². The van der Waals surface area contributed by atoms with Gasteiger partial charge >= 0.3 is 6.03 Å². The number of urea groups is 1. The molecule has 2 aromatic rings. The summed E-state index contributed by atoms with van der Waals surface area (Å²) in [7, 11) is 1.63. The SMILES string of the molecule is COc1ccc(CNC(=O)Nc2cccc(SC)c2C)cc1. The molecule has 2 rings (SSSR count). The molecule has 0 saturated heterocycles. The van der Waals surface area contributed by atoms with Crippen LogP contribution in [0.3, 0.4) is 0 Å². The number of nitrogens with one attached hydrogen (secondary N) is 2. The van der Waals surface area contributed by atoms with Crippen LogP contribution < -0.4 is 15.4 Å². The van der Waals surface area contributed by atoms with Gasteiger partial charge in [-0.25, -0.2) is 4.79 Å². The van der Waals surface area contributed by atoms with E-state index >= 15 is 0 Å². The van der Waals surface area contributed by atoms with Crippen LogP contribution in [0, 0.1) is 6.92 Å². The summed E-state index contributed by atoms with van der Waals surface area (Å²) in [5.74, 6) is 0.803. The molecule has 22 heavy (non-hydrogen) atoms. The number of anilines is 1. The minimum Gasteiger partial charge on any atom is -0.497 e. The summed E-state index contributed by atoms with van der Waals surface area (Å²) in [6, 6.07) is 13.3. The third-order valence-corrected chi connectivity index (χ3v) is 4.25. The molecule has 0 aliphatic rings. The van der Waals surface area contributed by atoms with E-state index in [0.29, 0.717) is 6.54 Å². The summed E-state index contributed by atoms with van der Waals surface area (Å²) in [5.41, 5.74) is 2.93. The van der Waals surface area contributed by atoms with E-state index in [1.54, 1.807) is 18.9 Å². The lowest BCUT2D eigenvalue weighted by atomic mass is 10.2. The molecule has 2 N–H and O–H groups in total. The van der Waals surface area contributed by atoms with E-state index in [1.165, 1.54) is 0 Å². The van der Waals surface area contributed by atoms with Crippen LogP contribution in [-0.4, -0.2) is 19.4 Å². The van der Waals surface area contributed by atoms with Crippen molar-refractivity contribution in [2.75, 3.05) is 18.7 Å². The van der Waals surface area contributed by atoms with Crippen molar-refractivity contribution >= 4 is 23.5 Å². The number of methoxy groups -OCH3 is 1. The topological polar surface area (TPSA) is 50.4 Å². The molecule has 0 bridgehead atoms. The molecule has 0 heterocycles. The molecule has 2 amide bonds. The van der Waals surface area contributed by atoms with Gasteiger partial charge in [0, 0.05) is 17.1 Å². The van der Waals surface area contributed by atoms with Crippen LogP contribution in [-0.2, 0) is 6.54 Å². The summed E-state index contributed by atoms with van der Waals surface area (Å²) < 4.78 is 5.11. The summed E-state index contributed by atoms with van der Waals surface area (Å²) in [6.45, 7) is 2.47. The number of carbonyl (C=O) groups excluding carboxylic acids is 1. The highest BCUT2D eigenvalue weighted by molar-refractivity contribution is 7.98. The summed E-state index contributed by atoms with van der Waals surface area (Å²) >= 11 is 1.67. The second-order valence-electron chi connectivity index (χ2n) is 4.79. The maximum absolute atomic E-state index is 12.0. The van der Waals surface area contributed by atoms with Crippen molar-refractivity contribution in [1.82, 2.24) is 5.32 Å². The lowest BCUT2D eigenvalue weighted by molar-refractivity contribution is 0.251. The Hall–Kier alpha value is -2.14. The highest BCUT2D eigenvalue weighted by Gasteiger charge is 2.07. The Balaban J connectivity index is 1.92. The molecule has 5 heteroatoms. The first kappa shape index (κ1) is 16.2. The van der Waals surface area contributed by atoms with Crippen LogP contribution in [0.4, 0.5) is 10.5 Å². The fourth-order valence-corrected chi connectivity index (χ4v) is 2.69. The predicted molar refractivity (Wildman–Crippen MR) is 91.8 cm³/mol. The van der Waals surface area contributed by atoms with Gasteiger partial charge in [-0.3, -0.25) is 0 Å². The molecule has 0 aliphatic heterocycles. The van der Waals surface area contributed by atoms with Crippen LogP contribution in [0.1, 0.15) is 11.1 Å². The predicted octanol–water partition coefficient (Wildman–Crippen LogP) is 4.05. The summed E-state index contributed by atoms with van der Waals surface area (Å²) in [4.78, 5) is 13.2. The zero-order chi connectivity index (χ0) is 15.9. The number of amides is 2. The minimum atomic E-state index is -0.211. The van der Waals surface area contributed by atoms with Gasteiger partial charge in [-0.1, -0.05) is 18.2 Å². The molecule has 0 fully saturated rings. The number of benzene rings is 2. The van der Waals surface area contributed by atoms with Gasteiger partial charge < -0.3 is 15.4 Å². The summed E-state index contributed by atoms with van der Waals surface area (Å²) in [6.07, 6.45) is 2.02. The number of carbonyl (C=O) groups is 1. The molecule has 0 saturated carbocycles. The molecule has 0 unspecified atom stereocenters. The third kappa shape index (κ3) is 4.18. The number of rotatable bonds is 5. The van der Waals surface area contributed by atoms with Gasteiger partial charge in [-0.15, -0.1) is 11.8 Å². The first-order valence-corrected chi connectivity index (χ1v) is 8.18. The first-order chi connectivity index (χ1) is 10.6. The monoisotopic (exact) mass is 316 g/mol. The first-order valence-electron chi connectivity index (χ1n) is 6.95. The van der Waals surface area contributed by atoms with E-state index in [4.69, 9.17) is 4.74 Å². The van der Waals surface area contributed by atoms with Gasteiger partial charge in [-0.05, 0) is 48.6 Å². The van der Waals surface area contributed by atoms with E-state index in [9.17, 15) is 4.79 Å². The Morgan fingerprint density at radius 3 is 2.55 bits per heavy atom. The minimum absolute atomic E-state index is 0.211. The number of hydrogen-bond acceptors (Lipinski definition) is 3. The average molecular weight is 316 g/mol. The van der Waals surface area contributed by atoms with Crippen LogP contribution in [0.15, 0.2) is 47.4 Å². The molecular formula is C17H20N2O2S. The smallest absolute Gasteiger partial charge is 0.319 e. The molecule has 0 atom stereocenters. The Morgan fingerprint density at radius 2 is 1.91 bits per heavy atom. The Labute approximate surface area is 135 Å². The largest absolute Gasteiger partial charge is 0.497 e. The average Bonchev–Trinajstić information content (AvgIpc) is 2.55. The highest BCUT2D eigenvalue weighted by Crippen LogP contribution is 2.25. The van der Waals surface area contributed by atoms with Gasteiger partial charge in [-0.2, -0.15) is 0 Å². The second-order valence-corrected chi connectivity index (χ2v) is 5.64. The zero-order valence-electron chi connectivity index (χ0n) is 13.0. The third-order valence-electron chi connectivity index (χ3n) is 3.36. The number of ether oxygens (including phenoxy) is 1. The lowest BCUT2D eigenvalue weighted by Gasteiger charge is -2.12. The molecule has 2 aromatic carbocycles. The van der Waals surface area contributed by atoms with Crippen LogP contribution in [0.5, 0.6) is 5.75 Å². The van der Waals surface area contributed by atoms with Crippen molar-refractivity contribution in [2.24, 2.45) is 0 Å². The molecule has 116 valence electrons. The lowest BCUT2D eigenvalue weighted by Crippen LogP contribution is -2.28. The Kier molecular flexibility index (Phi) is 5.72. The van der Waals surface area contributed by atoms with Crippen molar-refractivity contribution in [3.63, 3.8) is 0 Å². The molecule has 0 spiro atoms. The zero-order valence-corrected chi connectivity index (χ0v) is 13.8. The fourth-order valence-electron chi connectivity index (χ4n) is 2.06. The fraction of sp³-hybridized carbons (Fsp3) is 0.235. The van der Waals surface area contributed by atoms with E-state index in [0.717, 1.165) is 27.5 Å². The van der Waals surface area contributed by atoms with Gasteiger partial charge in [0.25, 0.3) is 0 Å². The van der Waals surface area contributed by atoms with E-state index in [-0.39, 0.29) is 6.03 Å². The molecule has 4 nitrogen and oxygen atoms in total. The van der Waals surface area contributed by atoms with Gasteiger partial charge in [0.2, 0.25) is 0 Å². The van der Waals surface area contributed by atoms with Crippen LogP contribution in [0.2, 0.25) is 0 Å².